The quantitative estimate of drug-likeness (QED) is 0.814. The van der Waals surface area contributed by atoms with Crippen molar-refractivity contribution in [1.29, 1.82) is 0 Å². The Morgan fingerprint density at radius 2 is 2.27 bits per heavy atom. The summed E-state index contributed by atoms with van der Waals surface area (Å²) >= 11 is 11.3. The van der Waals surface area contributed by atoms with Crippen molar-refractivity contribution in [2.75, 3.05) is 0 Å². The van der Waals surface area contributed by atoms with Crippen LogP contribution in [0.25, 0.3) is 0 Å². The van der Waals surface area contributed by atoms with Crippen LogP contribution in [0.1, 0.15) is 5.76 Å². The molecule has 0 N–H and O–H groups in total. The van der Waals surface area contributed by atoms with E-state index in [1.807, 2.05) is 0 Å². The fraction of sp³-hybridized carbons (Fsp3) is 0.111. The van der Waals surface area contributed by atoms with Crippen molar-refractivity contribution in [1.82, 2.24) is 9.78 Å². The van der Waals surface area contributed by atoms with E-state index in [0.29, 0.717) is 5.76 Å². The SMILES string of the molecule is O=c1c(Cl)c(Cl)cnn1Cc1ccco1. The highest BCUT2D eigenvalue weighted by Gasteiger charge is 2.08. The maximum absolute atomic E-state index is 11.6. The second-order valence-electron chi connectivity index (χ2n) is 2.85. The third-order valence-electron chi connectivity index (χ3n) is 1.83. The summed E-state index contributed by atoms with van der Waals surface area (Å²) in [5, 5.41) is 3.96. The predicted molar refractivity (Wildman–Crippen MR) is 56.3 cm³/mol. The second kappa shape index (κ2) is 4.08. The molecule has 15 heavy (non-hydrogen) atoms. The monoisotopic (exact) mass is 244 g/mol. The summed E-state index contributed by atoms with van der Waals surface area (Å²) in [6.07, 6.45) is 2.85. The van der Waals surface area contributed by atoms with Gasteiger partial charge in [0.05, 0.1) is 17.5 Å². The van der Waals surface area contributed by atoms with Crippen LogP contribution < -0.4 is 5.56 Å². The largest absolute Gasteiger partial charge is 0.467 e. The van der Waals surface area contributed by atoms with Crippen molar-refractivity contribution in [3.63, 3.8) is 0 Å². The van der Waals surface area contributed by atoms with Crippen LogP contribution >= 0.6 is 23.2 Å². The van der Waals surface area contributed by atoms with Crippen molar-refractivity contribution in [3.8, 4) is 0 Å². The van der Waals surface area contributed by atoms with Gasteiger partial charge in [-0.25, -0.2) is 4.68 Å². The smallest absolute Gasteiger partial charge is 0.287 e. The van der Waals surface area contributed by atoms with Gasteiger partial charge in [-0.3, -0.25) is 4.79 Å². The molecule has 0 bridgehead atoms. The number of hydrogen-bond donors (Lipinski definition) is 0. The summed E-state index contributed by atoms with van der Waals surface area (Å²) in [4.78, 5) is 11.6. The molecule has 2 heterocycles. The molecule has 78 valence electrons. The summed E-state index contributed by atoms with van der Waals surface area (Å²) in [7, 11) is 0. The van der Waals surface area contributed by atoms with Crippen LogP contribution in [0, 0.1) is 0 Å². The Morgan fingerprint density at radius 1 is 1.47 bits per heavy atom. The third kappa shape index (κ3) is 2.06. The summed E-state index contributed by atoms with van der Waals surface area (Å²) in [5.41, 5.74) is -0.430. The van der Waals surface area contributed by atoms with Gasteiger partial charge in [0.2, 0.25) is 0 Å². The number of nitrogens with zero attached hydrogens (tertiary/aromatic N) is 2. The molecule has 0 spiro atoms. The molecule has 2 rings (SSSR count). The Morgan fingerprint density at radius 3 is 2.93 bits per heavy atom. The molecule has 4 nitrogen and oxygen atoms in total. The molecule has 0 atom stereocenters. The summed E-state index contributed by atoms with van der Waals surface area (Å²) in [6.45, 7) is 0.239. The van der Waals surface area contributed by atoms with Crippen LogP contribution in [-0.2, 0) is 6.54 Å². The van der Waals surface area contributed by atoms with Crippen LogP contribution in [-0.4, -0.2) is 9.78 Å². The van der Waals surface area contributed by atoms with E-state index in [2.05, 4.69) is 5.10 Å². The Bertz CT molecular complexity index is 519. The van der Waals surface area contributed by atoms with E-state index < -0.39 is 5.56 Å². The molecule has 0 radical (unpaired) electrons. The lowest BCUT2D eigenvalue weighted by atomic mass is 10.4. The average Bonchev–Trinajstić information content (AvgIpc) is 2.72. The minimum Gasteiger partial charge on any atom is -0.467 e. The van der Waals surface area contributed by atoms with Gasteiger partial charge in [0, 0.05) is 0 Å². The molecule has 0 aromatic carbocycles. The van der Waals surface area contributed by atoms with Crippen molar-refractivity contribution in [2.45, 2.75) is 6.54 Å². The molecule has 2 aromatic heterocycles. The lowest BCUT2D eigenvalue weighted by Gasteiger charge is -2.02. The normalized spacial score (nSPS) is 10.5. The van der Waals surface area contributed by atoms with Gasteiger partial charge in [0.25, 0.3) is 5.56 Å². The van der Waals surface area contributed by atoms with Crippen molar-refractivity contribution < 1.29 is 4.42 Å². The van der Waals surface area contributed by atoms with Crippen LogP contribution in [0.5, 0.6) is 0 Å². The fourth-order valence-electron chi connectivity index (χ4n) is 1.11. The van der Waals surface area contributed by atoms with Crippen molar-refractivity contribution in [3.05, 3.63) is 50.8 Å². The lowest BCUT2D eigenvalue weighted by Crippen LogP contribution is -2.23. The van der Waals surface area contributed by atoms with E-state index in [9.17, 15) is 4.79 Å². The Balaban J connectivity index is 2.38. The van der Waals surface area contributed by atoms with Gasteiger partial charge >= 0.3 is 0 Å². The zero-order valence-electron chi connectivity index (χ0n) is 7.48. The van der Waals surface area contributed by atoms with E-state index in [1.54, 1.807) is 12.1 Å². The molecule has 0 amide bonds. The van der Waals surface area contributed by atoms with E-state index >= 15 is 0 Å². The van der Waals surface area contributed by atoms with Gasteiger partial charge in [-0.2, -0.15) is 5.10 Å². The molecular formula is C9H6Cl2N2O2. The first-order valence-electron chi connectivity index (χ1n) is 4.12. The van der Waals surface area contributed by atoms with Crippen molar-refractivity contribution >= 4 is 23.2 Å². The minimum absolute atomic E-state index is 0.0294. The summed E-state index contributed by atoms with van der Waals surface area (Å²) in [6, 6.07) is 3.48. The molecule has 0 aliphatic carbocycles. The maximum atomic E-state index is 11.6. The van der Waals surface area contributed by atoms with Gasteiger partial charge in [-0.05, 0) is 12.1 Å². The van der Waals surface area contributed by atoms with E-state index in [4.69, 9.17) is 27.6 Å². The minimum atomic E-state index is -0.430. The Kier molecular flexibility index (Phi) is 2.79. The second-order valence-corrected chi connectivity index (χ2v) is 3.63. The van der Waals surface area contributed by atoms with Crippen LogP contribution in [0.2, 0.25) is 10.0 Å². The number of aromatic nitrogens is 2. The van der Waals surface area contributed by atoms with E-state index in [1.165, 1.54) is 17.1 Å². The summed E-state index contributed by atoms with van der Waals surface area (Å²) in [5.74, 6) is 0.628. The first kappa shape index (κ1) is 10.3. The molecule has 0 saturated heterocycles. The number of hydrogen-bond acceptors (Lipinski definition) is 3. The highest BCUT2D eigenvalue weighted by atomic mass is 35.5. The fourth-order valence-corrected chi connectivity index (χ4v) is 1.38. The van der Waals surface area contributed by atoms with Gasteiger partial charge in [-0.1, -0.05) is 23.2 Å². The first-order chi connectivity index (χ1) is 7.18. The Labute approximate surface area is 95.0 Å². The standard InChI is InChI=1S/C9H6Cl2N2O2/c10-7-4-12-13(9(14)8(7)11)5-6-2-1-3-15-6/h1-4H,5H2. The zero-order chi connectivity index (χ0) is 10.8. The van der Waals surface area contributed by atoms with E-state index in [-0.39, 0.29) is 16.6 Å². The number of rotatable bonds is 2. The molecule has 2 aromatic rings. The summed E-state index contributed by atoms with van der Waals surface area (Å²) < 4.78 is 6.27. The third-order valence-corrected chi connectivity index (χ3v) is 2.58. The molecule has 0 aliphatic rings. The number of halogens is 2. The first-order valence-corrected chi connectivity index (χ1v) is 4.87. The van der Waals surface area contributed by atoms with Gasteiger partial charge in [-0.15, -0.1) is 0 Å². The van der Waals surface area contributed by atoms with Crippen LogP contribution in [0.3, 0.4) is 0 Å². The molecule has 0 unspecified atom stereocenters. The topological polar surface area (TPSA) is 48.0 Å². The highest BCUT2D eigenvalue weighted by molar-refractivity contribution is 6.41. The molecular weight excluding hydrogens is 239 g/mol. The Hall–Kier alpha value is -1.26. The maximum Gasteiger partial charge on any atom is 0.287 e. The predicted octanol–water partition coefficient (Wildman–Crippen LogP) is 2.19. The van der Waals surface area contributed by atoms with Gasteiger partial charge in [0.15, 0.2) is 0 Å². The highest BCUT2D eigenvalue weighted by Crippen LogP contribution is 2.14. The molecule has 0 aliphatic heterocycles. The zero-order valence-corrected chi connectivity index (χ0v) is 9.00. The van der Waals surface area contributed by atoms with Gasteiger partial charge in [0.1, 0.15) is 17.3 Å². The van der Waals surface area contributed by atoms with Gasteiger partial charge < -0.3 is 4.42 Å². The molecule has 6 heteroatoms. The molecule has 0 saturated carbocycles. The van der Waals surface area contributed by atoms with E-state index in [0.717, 1.165) is 0 Å². The molecule has 0 fully saturated rings. The average molecular weight is 245 g/mol. The van der Waals surface area contributed by atoms with Crippen LogP contribution in [0.15, 0.2) is 33.8 Å². The van der Waals surface area contributed by atoms with Crippen LogP contribution in [0.4, 0.5) is 0 Å². The van der Waals surface area contributed by atoms with Crippen molar-refractivity contribution in [2.24, 2.45) is 0 Å². The lowest BCUT2D eigenvalue weighted by molar-refractivity contribution is 0.471. The number of furan rings is 1.